The number of ketones is 1. The van der Waals surface area contributed by atoms with Gasteiger partial charge in [0.25, 0.3) is 0 Å². The third-order valence-corrected chi connectivity index (χ3v) is 7.29. The number of benzene rings is 2. The fourth-order valence-corrected chi connectivity index (χ4v) is 5.07. The molecule has 1 saturated carbocycles. The standard InChI is InChI=1S/C27H30F3NO3/c1-2-27(34,9-3-11-32)10-8-23(33)17-12-18(13-17)24-21-14-20(29)15-22(30)26(21)31-25(24)16-4-6-19(28)7-5-16/h4-7,14-15,17-18,31-32,34H,2-3,8-13H2,1H3. The van der Waals surface area contributed by atoms with Gasteiger partial charge in [0.05, 0.1) is 16.8 Å². The van der Waals surface area contributed by atoms with E-state index in [1.165, 1.54) is 18.2 Å². The van der Waals surface area contributed by atoms with Gasteiger partial charge < -0.3 is 15.2 Å². The van der Waals surface area contributed by atoms with Crippen LogP contribution in [0.4, 0.5) is 13.2 Å². The van der Waals surface area contributed by atoms with Gasteiger partial charge in [0.2, 0.25) is 0 Å². The van der Waals surface area contributed by atoms with Crippen LogP contribution in [0.5, 0.6) is 0 Å². The Labute approximate surface area is 196 Å². The van der Waals surface area contributed by atoms with Gasteiger partial charge in [-0.15, -0.1) is 0 Å². The van der Waals surface area contributed by atoms with E-state index in [-0.39, 0.29) is 42.0 Å². The van der Waals surface area contributed by atoms with Gasteiger partial charge in [-0.1, -0.05) is 6.92 Å². The average molecular weight is 474 g/mol. The van der Waals surface area contributed by atoms with E-state index in [4.69, 9.17) is 5.11 Å². The highest BCUT2D eigenvalue weighted by molar-refractivity contribution is 5.92. The summed E-state index contributed by atoms with van der Waals surface area (Å²) in [4.78, 5) is 15.9. The Morgan fingerprint density at radius 3 is 2.44 bits per heavy atom. The summed E-state index contributed by atoms with van der Waals surface area (Å²) < 4.78 is 42.1. The van der Waals surface area contributed by atoms with Crippen LogP contribution in [-0.2, 0) is 4.79 Å². The van der Waals surface area contributed by atoms with Gasteiger partial charge in [-0.3, -0.25) is 4.79 Å². The zero-order valence-corrected chi connectivity index (χ0v) is 19.2. The summed E-state index contributed by atoms with van der Waals surface area (Å²) in [5.74, 6) is -1.92. The molecule has 0 saturated heterocycles. The van der Waals surface area contributed by atoms with Crippen LogP contribution in [0.1, 0.15) is 63.4 Å². The second kappa shape index (κ2) is 9.92. The van der Waals surface area contributed by atoms with Gasteiger partial charge >= 0.3 is 0 Å². The van der Waals surface area contributed by atoms with Gasteiger partial charge in [0.15, 0.2) is 0 Å². The summed E-state index contributed by atoms with van der Waals surface area (Å²) in [6.45, 7) is 1.87. The monoisotopic (exact) mass is 473 g/mol. The number of aliphatic hydroxyl groups is 2. The Bertz CT molecular complexity index is 1170. The number of Topliss-reactive ketones (excluding diaryl/α,β-unsaturated/α-hetero) is 1. The first-order valence-corrected chi connectivity index (χ1v) is 11.9. The molecule has 1 aliphatic carbocycles. The lowest BCUT2D eigenvalue weighted by atomic mass is 9.67. The van der Waals surface area contributed by atoms with E-state index < -0.39 is 17.2 Å². The number of carbonyl (C=O) groups is 1. The Morgan fingerprint density at radius 1 is 1.09 bits per heavy atom. The van der Waals surface area contributed by atoms with Crippen molar-refractivity contribution in [3.8, 4) is 11.3 Å². The van der Waals surface area contributed by atoms with E-state index in [2.05, 4.69) is 4.98 Å². The molecule has 0 radical (unpaired) electrons. The molecule has 1 aromatic heterocycles. The van der Waals surface area contributed by atoms with Crippen LogP contribution in [-0.4, -0.2) is 33.2 Å². The number of carbonyl (C=O) groups excluding carboxylic acids is 1. The molecule has 34 heavy (non-hydrogen) atoms. The molecule has 1 fully saturated rings. The first-order chi connectivity index (χ1) is 16.2. The Hall–Kier alpha value is -2.64. The number of halogens is 3. The fourth-order valence-electron chi connectivity index (χ4n) is 5.07. The minimum Gasteiger partial charge on any atom is -0.396 e. The molecule has 0 aliphatic heterocycles. The van der Waals surface area contributed by atoms with Crippen molar-refractivity contribution in [1.82, 2.24) is 4.98 Å². The molecule has 4 nitrogen and oxygen atoms in total. The predicted molar refractivity (Wildman–Crippen MR) is 125 cm³/mol. The Balaban J connectivity index is 1.54. The lowest BCUT2D eigenvalue weighted by Gasteiger charge is -2.36. The predicted octanol–water partition coefficient (Wildman–Crippen LogP) is 6.01. The summed E-state index contributed by atoms with van der Waals surface area (Å²) in [6.07, 6.45) is 3.18. The molecule has 0 amide bonds. The Kier molecular flexibility index (Phi) is 7.14. The summed E-state index contributed by atoms with van der Waals surface area (Å²) in [5, 5.41) is 20.1. The Morgan fingerprint density at radius 2 is 1.79 bits per heavy atom. The number of hydrogen-bond acceptors (Lipinski definition) is 3. The molecule has 3 aromatic rings. The van der Waals surface area contributed by atoms with E-state index in [9.17, 15) is 23.1 Å². The van der Waals surface area contributed by atoms with Crippen LogP contribution in [0.25, 0.3) is 22.2 Å². The molecule has 0 bridgehead atoms. The van der Waals surface area contributed by atoms with Crippen LogP contribution in [0.15, 0.2) is 36.4 Å². The molecular weight excluding hydrogens is 443 g/mol. The van der Waals surface area contributed by atoms with Crippen molar-refractivity contribution < 1.29 is 28.2 Å². The summed E-state index contributed by atoms with van der Waals surface area (Å²) >= 11 is 0. The highest BCUT2D eigenvalue weighted by atomic mass is 19.1. The van der Waals surface area contributed by atoms with E-state index in [0.717, 1.165) is 11.6 Å². The molecule has 7 heteroatoms. The van der Waals surface area contributed by atoms with E-state index in [1.807, 2.05) is 6.92 Å². The number of nitrogens with one attached hydrogen (secondary N) is 1. The lowest BCUT2D eigenvalue weighted by Crippen LogP contribution is -2.33. The molecule has 0 spiro atoms. The van der Waals surface area contributed by atoms with Crippen molar-refractivity contribution in [3.63, 3.8) is 0 Å². The van der Waals surface area contributed by atoms with E-state index in [0.29, 0.717) is 55.2 Å². The van der Waals surface area contributed by atoms with Gasteiger partial charge in [0.1, 0.15) is 23.2 Å². The number of rotatable bonds is 10. The van der Waals surface area contributed by atoms with Crippen molar-refractivity contribution in [2.45, 2.75) is 63.4 Å². The molecule has 1 heterocycles. The molecule has 3 N–H and O–H groups in total. The first-order valence-electron chi connectivity index (χ1n) is 11.9. The SMILES string of the molecule is CCC(O)(CCCO)CCC(=O)C1CC(c2c(-c3ccc(F)cc3)[nH]c3c(F)cc(F)cc23)C1. The molecule has 182 valence electrons. The minimum absolute atomic E-state index is 0.00274. The van der Waals surface area contributed by atoms with E-state index >= 15 is 0 Å². The number of aliphatic hydroxyl groups excluding tert-OH is 1. The second-order valence-corrected chi connectivity index (χ2v) is 9.47. The van der Waals surface area contributed by atoms with Crippen molar-refractivity contribution in [3.05, 3.63) is 59.4 Å². The topological polar surface area (TPSA) is 73.3 Å². The second-order valence-electron chi connectivity index (χ2n) is 9.47. The van der Waals surface area contributed by atoms with Crippen molar-refractivity contribution >= 4 is 16.7 Å². The van der Waals surface area contributed by atoms with Crippen LogP contribution < -0.4 is 0 Å². The van der Waals surface area contributed by atoms with Crippen LogP contribution in [0, 0.1) is 23.4 Å². The van der Waals surface area contributed by atoms with Gasteiger partial charge in [-0.05, 0) is 85.9 Å². The maximum absolute atomic E-state index is 14.5. The van der Waals surface area contributed by atoms with Crippen LogP contribution in [0.2, 0.25) is 0 Å². The third kappa shape index (κ3) is 4.91. The van der Waals surface area contributed by atoms with Crippen molar-refractivity contribution in [2.24, 2.45) is 5.92 Å². The third-order valence-electron chi connectivity index (χ3n) is 7.29. The highest BCUT2D eigenvalue weighted by Crippen LogP contribution is 2.49. The zero-order valence-electron chi connectivity index (χ0n) is 19.2. The summed E-state index contributed by atoms with van der Waals surface area (Å²) in [5.41, 5.74) is 1.27. The lowest BCUT2D eigenvalue weighted by molar-refractivity contribution is -0.127. The van der Waals surface area contributed by atoms with Gasteiger partial charge in [0, 0.05) is 30.4 Å². The summed E-state index contributed by atoms with van der Waals surface area (Å²) in [7, 11) is 0. The van der Waals surface area contributed by atoms with Gasteiger partial charge in [-0.2, -0.15) is 0 Å². The largest absolute Gasteiger partial charge is 0.396 e. The smallest absolute Gasteiger partial charge is 0.150 e. The number of aromatic nitrogens is 1. The quantitative estimate of drug-likeness (QED) is 0.338. The number of aromatic amines is 1. The van der Waals surface area contributed by atoms with Crippen molar-refractivity contribution in [2.75, 3.05) is 6.61 Å². The molecule has 1 aliphatic rings. The molecule has 4 rings (SSSR count). The highest BCUT2D eigenvalue weighted by Gasteiger charge is 2.39. The number of hydrogen-bond donors (Lipinski definition) is 3. The molecule has 2 aromatic carbocycles. The van der Waals surface area contributed by atoms with Crippen LogP contribution in [0.3, 0.4) is 0 Å². The summed E-state index contributed by atoms with van der Waals surface area (Å²) in [6, 6.07) is 7.96. The average Bonchev–Trinajstić information content (AvgIpc) is 3.15. The maximum Gasteiger partial charge on any atom is 0.150 e. The minimum atomic E-state index is -0.955. The maximum atomic E-state index is 14.5. The van der Waals surface area contributed by atoms with Gasteiger partial charge in [-0.25, -0.2) is 13.2 Å². The van der Waals surface area contributed by atoms with Crippen LogP contribution >= 0.6 is 0 Å². The number of fused-ring (bicyclic) bond motifs is 1. The fraction of sp³-hybridized carbons (Fsp3) is 0.444. The number of H-pyrrole nitrogens is 1. The zero-order chi connectivity index (χ0) is 24.5. The van der Waals surface area contributed by atoms with Crippen molar-refractivity contribution in [1.29, 1.82) is 0 Å². The molecule has 1 atom stereocenters. The normalized spacial score (nSPS) is 19.7. The van der Waals surface area contributed by atoms with E-state index in [1.54, 1.807) is 12.1 Å². The molecule has 1 unspecified atom stereocenters. The first kappa shape index (κ1) is 24.5. The molecular formula is C27H30F3NO3.